The van der Waals surface area contributed by atoms with Gasteiger partial charge >= 0.3 is 0 Å². The lowest BCUT2D eigenvalue weighted by Crippen LogP contribution is -2.46. The van der Waals surface area contributed by atoms with Crippen LogP contribution in [0.2, 0.25) is 0 Å². The molecule has 1 atom stereocenters. The zero-order valence-corrected chi connectivity index (χ0v) is 23.5. The molecule has 1 aliphatic heterocycles. The minimum atomic E-state index is -0.226. The Bertz CT molecular complexity index is 1440. The molecule has 4 aromatic rings. The van der Waals surface area contributed by atoms with E-state index >= 15 is 0 Å². The minimum Gasteiger partial charge on any atom is -0.507 e. The zero-order valence-electron chi connectivity index (χ0n) is 23.5. The number of hydrogen-bond donors (Lipinski definition) is 1. The highest BCUT2D eigenvalue weighted by atomic mass is 16.7. The first-order valence-corrected chi connectivity index (χ1v) is 14.4. The first-order valence-electron chi connectivity index (χ1n) is 14.4. The maximum Gasteiger partial charge on any atom is 0.213 e. The van der Waals surface area contributed by atoms with Crippen molar-refractivity contribution in [2.75, 3.05) is 53.7 Å². The van der Waals surface area contributed by atoms with Gasteiger partial charge in [-0.05, 0) is 37.4 Å². The summed E-state index contributed by atoms with van der Waals surface area (Å²) >= 11 is 0. The Morgan fingerprint density at radius 3 is 2.62 bits per heavy atom. The van der Waals surface area contributed by atoms with E-state index in [0.717, 1.165) is 64.6 Å². The lowest BCUT2D eigenvalue weighted by atomic mass is 9.89. The second-order valence-corrected chi connectivity index (χ2v) is 11.2. The number of fused-ring (bicyclic) bond motifs is 3. The number of phenols is 1. The first-order chi connectivity index (χ1) is 19.6. The van der Waals surface area contributed by atoms with Gasteiger partial charge in [0, 0.05) is 72.8 Å². The van der Waals surface area contributed by atoms with Crippen molar-refractivity contribution in [3.63, 3.8) is 0 Å². The van der Waals surface area contributed by atoms with Crippen molar-refractivity contribution >= 4 is 21.7 Å². The van der Waals surface area contributed by atoms with Crippen LogP contribution in [0.1, 0.15) is 48.4 Å². The summed E-state index contributed by atoms with van der Waals surface area (Å²) in [6, 6.07) is 11.8. The fraction of sp³-hybridized carbons (Fsp3) is 0.469. The molecular formula is C32H39N3O5. The summed E-state index contributed by atoms with van der Waals surface area (Å²) in [5.74, 6) is 1.51. The van der Waals surface area contributed by atoms with Gasteiger partial charge in [-0.3, -0.25) is 4.90 Å². The molecule has 1 unspecified atom stereocenters. The second-order valence-electron chi connectivity index (χ2n) is 11.2. The maximum atomic E-state index is 12.0. The fourth-order valence-electron chi connectivity index (χ4n) is 6.34. The second kappa shape index (κ2) is 12.1. The third kappa shape index (κ3) is 5.41. The number of aromatic nitrogens is 1. The van der Waals surface area contributed by atoms with Crippen LogP contribution in [-0.2, 0) is 16.1 Å². The van der Waals surface area contributed by atoms with Crippen LogP contribution < -0.4 is 4.74 Å². The number of piperazine rings is 1. The fourth-order valence-corrected chi connectivity index (χ4v) is 6.34. The predicted molar refractivity (Wildman–Crippen MR) is 155 cm³/mol. The Kier molecular flexibility index (Phi) is 8.20. The van der Waals surface area contributed by atoms with E-state index in [4.69, 9.17) is 18.6 Å². The molecule has 0 spiro atoms. The summed E-state index contributed by atoms with van der Waals surface area (Å²) in [6.45, 7) is 4.80. The van der Waals surface area contributed by atoms with Gasteiger partial charge in [-0.1, -0.05) is 37.1 Å². The van der Waals surface area contributed by atoms with Crippen LogP contribution in [0.25, 0.3) is 21.7 Å². The van der Waals surface area contributed by atoms with Crippen LogP contribution in [-0.4, -0.2) is 73.6 Å². The van der Waals surface area contributed by atoms with E-state index in [1.54, 1.807) is 13.4 Å². The molecule has 0 bridgehead atoms. The highest BCUT2D eigenvalue weighted by molar-refractivity contribution is 6.10. The smallest absolute Gasteiger partial charge is 0.213 e. The molecule has 212 valence electrons. The number of benzene rings is 2. The summed E-state index contributed by atoms with van der Waals surface area (Å²) in [5.41, 5.74) is 3.51. The molecule has 8 heteroatoms. The third-order valence-electron chi connectivity index (χ3n) is 8.47. The number of pyridine rings is 1. The van der Waals surface area contributed by atoms with E-state index in [1.807, 2.05) is 36.5 Å². The summed E-state index contributed by atoms with van der Waals surface area (Å²) in [7, 11) is 3.76. The lowest BCUT2D eigenvalue weighted by Gasteiger charge is -2.39. The molecule has 2 aromatic heterocycles. The van der Waals surface area contributed by atoms with E-state index in [1.165, 1.54) is 25.7 Å². The lowest BCUT2D eigenvalue weighted by molar-refractivity contribution is -0.0388. The number of furan rings is 1. The molecule has 0 amide bonds. The number of hydrogen-bond acceptors (Lipinski definition) is 8. The number of methoxy groups -OCH3 is 1. The summed E-state index contributed by atoms with van der Waals surface area (Å²) in [5, 5.41) is 14.5. The van der Waals surface area contributed by atoms with Gasteiger partial charge in [0.1, 0.15) is 18.1 Å². The van der Waals surface area contributed by atoms with Gasteiger partial charge in [0.05, 0.1) is 25.5 Å². The van der Waals surface area contributed by atoms with Crippen molar-refractivity contribution in [1.82, 2.24) is 14.8 Å². The van der Waals surface area contributed by atoms with Crippen molar-refractivity contribution in [2.45, 2.75) is 38.3 Å². The molecule has 2 aliphatic rings. The topological polar surface area (TPSA) is 80.4 Å². The van der Waals surface area contributed by atoms with Gasteiger partial charge in [0.15, 0.2) is 0 Å². The Morgan fingerprint density at radius 1 is 1.07 bits per heavy atom. The Labute approximate surface area is 235 Å². The molecule has 40 heavy (non-hydrogen) atoms. The van der Waals surface area contributed by atoms with Crippen LogP contribution in [0.5, 0.6) is 11.6 Å². The van der Waals surface area contributed by atoms with Crippen molar-refractivity contribution in [3.8, 4) is 11.6 Å². The molecule has 0 radical (unpaired) electrons. The van der Waals surface area contributed by atoms with Crippen molar-refractivity contribution in [1.29, 1.82) is 0 Å². The van der Waals surface area contributed by atoms with Crippen LogP contribution in [0.15, 0.2) is 53.3 Å². The molecule has 1 N–H and O–H groups in total. The predicted octanol–water partition coefficient (Wildman–Crippen LogP) is 5.71. The van der Waals surface area contributed by atoms with E-state index in [0.29, 0.717) is 25.0 Å². The van der Waals surface area contributed by atoms with Crippen molar-refractivity contribution < 1.29 is 23.7 Å². The quantitative estimate of drug-likeness (QED) is 0.200. The molecule has 2 aromatic carbocycles. The average molecular weight is 546 g/mol. The molecule has 3 heterocycles. The molecule has 8 nitrogen and oxygen atoms in total. The van der Waals surface area contributed by atoms with Gasteiger partial charge in [-0.25, -0.2) is 4.98 Å². The zero-order chi connectivity index (χ0) is 27.5. The minimum absolute atomic E-state index is 0.176. The van der Waals surface area contributed by atoms with E-state index in [2.05, 4.69) is 27.9 Å². The van der Waals surface area contributed by atoms with E-state index in [-0.39, 0.29) is 18.6 Å². The number of phenolic OH excluding ortho intramolecular Hbond substituents is 1. The van der Waals surface area contributed by atoms with Gasteiger partial charge in [0.2, 0.25) is 5.88 Å². The summed E-state index contributed by atoms with van der Waals surface area (Å²) < 4.78 is 23.3. The highest BCUT2D eigenvalue weighted by Crippen LogP contribution is 2.47. The molecule has 6 rings (SSSR count). The van der Waals surface area contributed by atoms with Gasteiger partial charge in [-0.15, -0.1) is 0 Å². The van der Waals surface area contributed by atoms with Crippen LogP contribution in [0.4, 0.5) is 0 Å². The third-order valence-corrected chi connectivity index (χ3v) is 8.47. The van der Waals surface area contributed by atoms with E-state index in [9.17, 15) is 5.11 Å². The van der Waals surface area contributed by atoms with Crippen molar-refractivity contribution in [2.24, 2.45) is 5.92 Å². The maximum absolute atomic E-state index is 12.0. The van der Waals surface area contributed by atoms with Crippen LogP contribution >= 0.6 is 0 Å². The number of aromatic hydroxyl groups is 1. The molecule has 1 aliphatic carbocycles. The number of nitrogens with zero attached hydrogens (tertiary/aromatic N) is 3. The normalized spacial score (nSPS) is 18.1. The molecular weight excluding hydrogens is 506 g/mol. The first kappa shape index (κ1) is 27.0. The largest absolute Gasteiger partial charge is 0.507 e. The standard InChI is InChI=1S/C32H39N3O5/c1-34-13-15-35(16-14-34)30(23-11-12-33-27(17-23)39-18-22-7-3-4-8-22)29-28-24(19-38-21-37-2)20-40-32(28)26-10-6-5-9-25(26)31(29)36/h5-6,9-12,17,20,22,30,36H,3-4,7-8,13-16,18-19,21H2,1-2H3. The molecule has 2 fully saturated rings. The van der Waals surface area contributed by atoms with Gasteiger partial charge in [0.25, 0.3) is 0 Å². The van der Waals surface area contributed by atoms with Crippen LogP contribution in [0.3, 0.4) is 0 Å². The molecule has 1 saturated heterocycles. The van der Waals surface area contributed by atoms with Crippen LogP contribution in [0, 0.1) is 5.92 Å². The summed E-state index contributed by atoms with van der Waals surface area (Å²) in [4.78, 5) is 9.35. The Morgan fingerprint density at radius 2 is 1.85 bits per heavy atom. The number of likely N-dealkylation sites (N-methyl/N-ethyl adjacent to an activating group) is 1. The Balaban J connectivity index is 1.49. The SMILES string of the molecule is COCOCc1coc2c1c(C(c1ccnc(OCC3CCCC3)c1)N1CCN(C)CC1)c(O)c1ccccc12. The number of ether oxygens (including phenoxy) is 3. The van der Waals surface area contributed by atoms with Gasteiger partial charge < -0.3 is 28.6 Å². The Hall–Kier alpha value is -3.17. The highest BCUT2D eigenvalue weighted by Gasteiger charge is 2.33. The molecule has 1 saturated carbocycles. The number of rotatable bonds is 10. The van der Waals surface area contributed by atoms with E-state index < -0.39 is 0 Å². The van der Waals surface area contributed by atoms with Crippen molar-refractivity contribution in [3.05, 3.63) is 65.5 Å². The average Bonchev–Trinajstić information content (AvgIpc) is 3.66. The monoisotopic (exact) mass is 545 g/mol. The van der Waals surface area contributed by atoms with Gasteiger partial charge in [-0.2, -0.15) is 0 Å². The summed E-state index contributed by atoms with van der Waals surface area (Å²) in [6.07, 6.45) is 8.59.